The highest BCUT2D eigenvalue weighted by molar-refractivity contribution is 5.89. The smallest absolute Gasteiger partial charge is 0.316 e. The summed E-state index contributed by atoms with van der Waals surface area (Å²) in [6, 6.07) is 5.46. The summed E-state index contributed by atoms with van der Waals surface area (Å²) in [5.74, 6) is 0.442. The summed E-state index contributed by atoms with van der Waals surface area (Å²) in [6.07, 6.45) is 0. The molecule has 0 aliphatic heterocycles. The van der Waals surface area contributed by atoms with E-state index in [9.17, 15) is 5.11 Å². The monoisotopic (exact) mass is 193 g/mol. The number of aromatic amines is 1. The first kappa shape index (κ1) is 9.02. The Morgan fingerprint density at radius 2 is 2.14 bits per heavy atom. The molecule has 4 heteroatoms. The number of aromatic nitrogens is 1. The minimum Gasteiger partial charge on any atom is -0.386 e. The number of hydrogen-bond acceptors (Lipinski definition) is 3. The molecule has 4 nitrogen and oxygen atoms in total. The molecule has 0 atom stereocenters. The Hall–Kier alpha value is -1.55. The third-order valence-corrected chi connectivity index (χ3v) is 2.23. The van der Waals surface area contributed by atoms with Gasteiger partial charge in [-0.2, -0.15) is 0 Å². The molecule has 1 aromatic heterocycles. The number of aliphatic hydroxyl groups is 1. The van der Waals surface area contributed by atoms with E-state index < -0.39 is 5.60 Å². The first-order chi connectivity index (χ1) is 6.50. The average molecular weight is 193 g/mol. The number of benzene rings is 1. The molecule has 0 aliphatic rings. The van der Waals surface area contributed by atoms with Gasteiger partial charge in [-0.1, -0.05) is 17.3 Å². The third-order valence-electron chi connectivity index (χ3n) is 2.23. The predicted octanol–water partition coefficient (Wildman–Crippen LogP) is 1.06. The quantitative estimate of drug-likeness (QED) is 0.711. The molecule has 4 N–H and O–H groups in total. The largest absolute Gasteiger partial charge is 0.386 e. The van der Waals surface area contributed by atoms with Crippen LogP contribution in [0, 0.1) is 0 Å². The number of rotatable bonds is 1. The highest BCUT2D eigenvalue weighted by Crippen LogP contribution is 2.30. The Morgan fingerprint density at radius 3 is 2.79 bits per heavy atom. The highest BCUT2D eigenvalue weighted by atomic mass is 16.5. The number of anilines is 1. The Bertz CT molecular complexity index is 468. The van der Waals surface area contributed by atoms with Gasteiger partial charge < -0.3 is 9.63 Å². The molecule has 14 heavy (non-hydrogen) atoms. The Morgan fingerprint density at radius 1 is 1.43 bits per heavy atom. The minimum atomic E-state index is -0.925. The van der Waals surface area contributed by atoms with Gasteiger partial charge in [0, 0.05) is 5.56 Å². The van der Waals surface area contributed by atoms with Crippen LogP contribution in [0.5, 0.6) is 0 Å². The summed E-state index contributed by atoms with van der Waals surface area (Å²) >= 11 is 0. The van der Waals surface area contributed by atoms with Gasteiger partial charge in [-0.3, -0.25) is 5.73 Å². The van der Waals surface area contributed by atoms with Gasteiger partial charge in [0.2, 0.25) is 0 Å². The van der Waals surface area contributed by atoms with Crippen LogP contribution in [-0.4, -0.2) is 5.11 Å². The summed E-state index contributed by atoms with van der Waals surface area (Å²) < 4.78 is 5.12. The summed E-state index contributed by atoms with van der Waals surface area (Å²) in [5, 5.41) is 13.2. The van der Waals surface area contributed by atoms with E-state index in [2.05, 4.69) is 5.16 Å². The maximum Gasteiger partial charge on any atom is 0.316 e. The van der Waals surface area contributed by atoms with Crippen molar-refractivity contribution >= 4 is 16.8 Å². The number of fused-ring (bicyclic) bond motifs is 1. The van der Waals surface area contributed by atoms with Gasteiger partial charge in [0.15, 0.2) is 5.58 Å². The van der Waals surface area contributed by atoms with Gasteiger partial charge in [-0.15, -0.1) is 0 Å². The van der Waals surface area contributed by atoms with Gasteiger partial charge in [0.05, 0.1) is 5.60 Å². The van der Waals surface area contributed by atoms with E-state index in [-0.39, 0.29) is 0 Å². The van der Waals surface area contributed by atoms with Gasteiger partial charge in [-0.05, 0) is 19.9 Å². The van der Waals surface area contributed by atoms with E-state index >= 15 is 0 Å². The molecule has 0 amide bonds. The van der Waals surface area contributed by atoms with Crippen molar-refractivity contribution in [1.29, 1.82) is 0 Å². The van der Waals surface area contributed by atoms with Crippen LogP contribution in [0.1, 0.15) is 19.4 Å². The van der Waals surface area contributed by atoms with Crippen molar-refractivity contribution in [3.63, 3.8) is 0 Å². The lowest BCUT2D eigenvalue weighted by molar-refractivity contribution is -0.590. The zero-order chi connectivity index (χ0) is 10.3. The van der Waals surface area contributed by atoms with Crippen LogP contribution in [0.2, 0.25) is 0 Å². The SMILES string of the molecule is CC(C)(O)c1cccc2o[nH+]c(N)c12. The minimum absolute atomic E-state index is 0.442. The van der Waals surface area contributed by atoms with E-state index in [0.717, 1.165) is 10.9 Å². The van der Waals surface area contributed by atoms with Crippen LogP contribution in [0.15, 0.2) is 22.7 Å². The standard InChI is InChI=1S/C10H12N2O2/c1-10(2,13)6-4-3-5-7-8(6)9(11)12-14-7/h3-5,13H,1-2H3,(H2,11,12)/p+1. The molecule has 0 radical (unpaired) electrons. The van der Waals surface area contributed by atoms with Crippen LogP contribution >= 0.6 is 0 Å². The second-order valence-corrected chi connectivity index (χ2v) is 3.86. The second kappa shape index (κ2) is 2.72. The van der Waals surface area contributed by atoms with E-state index in [1.807, 2.05) is 12.1 Å². The molecule has 0 spiro atoms. The Kier molecular flexibility index (Phi) is 1.75. The molecule has 0 fully saturated rings. The first-order valence-corrected chi connectivity index (χ1v) is 4.41. The predicted molar refractivity (Wildman–Crippen MR) is 52.4 cm³/mol. The van der Waals surface area contributed by atoms with Gasteiger partial charge in [0.1, 0.15) is 5.39 Å². The molecular formula is C10H13N2O2+. The van der Waals surface area contributed by atoms with E-state index in [0.29, 0.717) is 11.4 Å². The third kappa shape index (κ3) is 1.24. The topological polar surface area (TPSA) is 73.5 Å². The van der Waals surface area contributed by atoms with Crippen LogP contribution in [0.3, 0.4) is 0 Å². The summed E-state index contributed by atoms with van der Waals surface area (Å²) in [6.45, 7) is 3.43. The zero-order valence-corrected chi connectivity index (χ0v) is 8.16. The second-order valence-electron chi connectivity index (χ2n) is 3.86. The van der Waals surface area contributed by atoms with Crippen molar-refractivity contribution in [2.75, 3.05) is 5.73 Å². The highest BCUT2D eigenvalue weighted by Gasteiger charge is 2.24. The molecule has 0 bridgehead atoms. The molecule has 0 aliphatic carbocycles. The molecule has 0 saturated heterocycles. The van der Waals surface area contributed by atoms with Crippen molar-refractivity contribution < 1.29 is 14.8 Å². The molecule has 1 heterocycles. The summed E-state index contributed by atoms with van der Waals surface area (Å²) in [7, 11) is 0. The average Bonchev–Trinajstić information content (AvgIpc) is 2.46. The lowest BCUT2D eigenvalue weighted by Gasteiger charge is -2.17. The van der Waals surface area contributed by atoms with Crippen LogP contribution in [0.4, 0.5) is 5.82 Å². The molecule has 2 aromatic rings. The molecule has 0 unspecified atom stereocenters. The number of nitrogens with one attached hydrogen (secondary N) is 1. The van der Waals surface area contributed by atoms with Gasteiger partial charge in [0.25, 0.3) is 0 Å². The molecule has 0 saturated carbocycles. The van der Waals surface area contributed by atoms with Crippen LogP contribution < -0.4 is 10.9 Å². The fourth-order valence-corrected chi connectivity index (χ4v) is 1.56. The van der Waals surface area contributed by atoms with Crippen molar-refractivity contribution in [3.8, 4) is 0 Å². The van der Waals surface area contributed by atoms with Gasteiger partial charge >= 0.3 is 5.82 Å². The van der Waals surface area contributed by atoms with E-state index in [1.54, 1.807) is 19.9 Å². The number of hydrogen-bond donors (Lipinski definition) is 2. The maximum atomic E-state index is 9.92. The zero-order valence-electron chi connectivity index (χ0n) is 8.16. The Balaban J connectivity index is 2.82. The van der Waals surface area contributed by atoms with Crippen molar-refractivity contribution in [3.05, 3.63) is 23.8 Å². The van der Waals surface area contributed by atoms with Crippen LogP contribution in [0.25, 0.3) is 11.0 Å². The fourth-order valence-electron chi connectivity index (χ4n) is 1.56. The fraction of sp³-hybridized carbons (Fsp3) is 0.300. The van der Waals surface area contributed by atoms with Crippen molar-refractivity contribution in [1.82, 2.24) is 0 Å². The molecule has 1 aromatic carbocycles. The maximum absolute atomic E-state index is 9.92. The molecular weight excluding hydrogens is 180 g/mol. The summed E-state index contributed by atoms with van der Waals surface area (Å²) in [4.78, 5) is 0. The van der Waals surface area contributed by atoms with Gasteiger partial charge in [-0.25, -0.2) is 0 Å². The normalized spacial score (nSPS) is 12.2. The van der Waals surface area contributed by atoms with E-state index in [4.69, 9.17) is 10.3 Å². The lowest BCUT2D eigenvalue weighted by atomic mass is 9.95. The number of nitrogen functional groups attached to an aromatic ring is 1. The summed E-state index contributed by atoms with van der Waals surface area (Å²) in [5.41, 5.74) is 6.20. The first-order valence-electron chi connectivity index (χ1n) is 4.41. The van der Waals surface area contributed by atoms with Crippen molar-refractivity contribution in [2.45, 2.75) is 19.4 Å². The molecule has 74 valence electrons. The number of nitrogens with two attached hydrogens (primary N) is 1. The van der Waals surface area contributed by atoms with Crippen LogP contribution in [-0.2, 0) is 5.60 Å². The molecule has 2 rings (SSSR count). The van der Waals surface area contributed by atoms with E-state index in [1.165, 1.54) is 0 Å². The number of H-pyrrole nitrogens is 1. The van der Waals surface area contributed by atoms with Crippen molar-refractivity contribution in [2.24, 2.45) is 0 Å². The lowest BCUT2D eigenvalue weighted by Crippen LogP contribution is -2.16. The Labute approximate surface area is 81.3 Å².